The van der Waals surface area contributed by atoms with Crippen LogP contribution in [0.4, 0.5) is 0 Å². The number of piperidine rings is 2. The van der Waals surface area contributed by atoms with Crippen LogP contribution in [0.25, 0.3) is 0 Å². The monoisotopic (exact) mass is 237 g/mol. The second-order valence-electron chi connectivity index (χ2n) is 5.88. The number of nitriles is 1. The Morgan fingerprint density at radius 3 is 2.88 bits per heavy atom. The summed E-state index contributed by atoms with van der Waals surface area (Å²) < 4.78 is 6.96. The molecular weight excluding hydrogens is 212 g/mol. The summed E-state index contributed by atoms with van der Waals surface area (Å²) >= 11 is 0. The minimum Gasteiger partial charge on any atom is -0.380 e. The van der Waals surface area contributed by atoms with Gasteiger partial charge in [-0.05, 0) is 25.7 Å². The SMILES string of the molecule is C[N@+]12CCCC[C@H]1[C@H](COCCC#N)CCC2. The van der Waals surface area contributed by atoms with Crippen molar-refractivity contribution in [3.8, 4) is 6.07 Å². The number of hydrogen-bond acceptors (Lipinski definition) is 2. The van der Waals surface area contributed by atoms with E-state index in [9.17, 15) is 0 Å². The molecule has 0 aromatic carbocycles. The fourth-order valence-corrected chi connectivity index (χ4v) is 3.78. The van der Waals surface area contributed by atoms with E-state index in [0.717, 1.165) is 18.6 Å². The molecule has 2 aliphatic heterocycles. The average molecular weight is 237 g/mol. The van der Waals surface area contributed by atoms with Crippen LogP contribution in [-0.2, 0) is 4.74 Å². The Kier molecular flexibility index (Phi) is 4.42. The first kappa shape index (κ1) is 12.9. The minimum atomic E-state index is 0.531. The molecule has 17 heavy (non-hydrogen) atoms. The molecule has 0 N–H and O–H groups in total. The highest BCUT2D eigenvalue weighted by Gasteiger charge is 2.43. The molecule has 0 radical (unpaired) electrons. The van der Waals surface area contributed by atoms with Crippen LogP contribution in [0.1, 0.15) is 38.5 Å². The van der Waals surface area contributed by atoms with E-state index in [1.165, 1.54) is 49.7 Å². The second-order valence-corrected chi connectivity index (χ2v) is 5.88. The van der Waals surface area contributed by atoms with Gasteiger partial charge in [-0.25, -0.2) is 0 Å². The standard InChI is InChI=1S/C14H25N2O/c1-16-9-3-2-7-14(16)13(6-4-10-16)12-17-11-5-8-15/h13-14H,2-7,9-12H2,1H3/q+1/t13-,14-,16+/m0/s1. The maximum absolute atomic E-state index is 8.50. The number of rotatable bonds is 4. The first-order valence-electron chi connectivity index (χ1n) is 7.05. The van der Waals surface area contributed by atoms with E-state index in [1.807, 2.05) is 0 Å². The van der Waals surface area contributed by atoms with Gasteiger partial charge in [0.05, 0.1) is 51.9 Å². The Morgan fingerprint density at radius 1 is 1.24 bits per heavy atom. The van der Waals surface area contributed by atoms with Gasteiger partial charge in [0.15, 0.2) is 0 Å². The van der Waals surface area contributed by atoms with Gasteiger partial charge in [-0.15, -0.1) is 0 Å². The summed E-state index contributed by atoms with van der Waals surface area (Å²) in [5.74, 6) is 0.729. The molecule has 2 fully saturated rings. The van der Waals surface area contributed by atoms with Crippen molar-refractivity contribution in [3.05, 3.63) is 0 Å². The third kappa shape index (κ3) is 3.00. The van der Waals surface area contributed by atoms with E-state index < -0.39 is 0 Å². The predicted octanol–water partition coefficient (Wildman–Crippen LogP) is 2.33. The summed E-state index contributed by atoms with van der Waals surface area (Å²) in [6.07, 6.45) is 7.37. The lowest BCUT2D eigenvalue weighted by Gasteiger charge is -2.51. The van der Waals surface area contributed by atoms with E-state index in [4.69, 9.17) is 10.00 Å². The van der Waals surface area contributed by atoms with Crippen LogP contribution in [0.3, 0.4) is 0 Å². The Morgan fingerprint density at radius 2 is 2.06 bits per heavy atom. The molecule has 2 rings (SSSR count). The van der Waals surface area contributed by atoms with Gasteiger partial charge in [0.25, 0.3) is 0 Å². The minimum absolute atomic E-state index is 0.531. The van der Waals surface area contributed by atoms with Gasteiger partial charge in [0, 0.05) is 12.3 Å². The van der Waals surface area contributed by atoms with E-state index in [2.05, 4.69) is 13.1 Å². The van der Waals surface area contributed by atoms with Crippen molar-refractivity contribution in [2.45, 2.75) is 44.6 Å². The first-order chi connectivity index (χ1) is 8.26. The lowest BCUT2D eigenvalue weighted by molar-refractivity contribution is -0.947. The lowest BCUT2D eigenvalue weighted by Crippen LogP contribution is -2.61. The highest BCUT2D eigenvalue weighted by Crippen LogP contribution is 2.35. The highest BCUT2D eigenvalue weighted by atomic mass is 16.5. The number of hydrogen-bond donors (Lipinski definition) is 0. The number of ether oxygens (including phenoxy) is 1. The van der Waals surface area contributed by atoms with Crippen LogP contribution in [-0.4, -0.2) is 43.9 Å². The summed E-state index contributed by atoms with van der Waals surface area (Å²) in [4.78, 5) is 0. The normalized spacial score (nSPS) is 37.2. The predicted molar refractivity (Wildman–Crippen MR) is 67.3 cm³/mol. The maximum atomic E-state index is 8.50. The molecule has 3 atom stereocenters. The molecule has 3 heteroatoms. The Labute approximate surface area is 105 Å². The van der Waals surface area contributed by atoms with Crippen molar-refractivity contribution in [1.82, 2.24) is 0 Å². The van der Waals surface area contributed by atoms with Crippen molar-refractivity contribution in [2.24, 2.45) is 5.92 Å². The van der Waals surface area contributed by atoms with Gasteiger partial charge < -0.3 is 9.22 Å². The Hall–Kier alpha value is -0.590. The van der Waals surface area contributed by atoms with Gasteiger partial charge in [-0.1, -0.05) is 0 Å². The molecule has 2 heterocycles. The summed E-state index contributed by atoms with van der Waals surface area (Å²) in [6.45, 7) is 4.21. The van der Waals surface area contributed by atoms with Crippen molar-refractivity contribution in [1.29, 1.82) is 5.26 Å². The maximum Gasteiger partial charge on any atom is 0.0939 e. The van der Waals surface area contributed by atoms with Gasteiger partial charge in [0.1, 0.15) is 0 Å². The third-order valence-electron chi connectivity index (χ3n) is 4.70. The molecule has 0 aliphatic carbocycles. The van der Waals surface area contributed by atoms with Crippen LogP contribution in [0.15, 0.2) is 0 Å². The molecule has 0 unspecified atom stereocenters. The Bertz CT molecular complexity index is 282. The third-order valence-corrected chi connectivity index (χ3v) is 4.70. The molecule has 0 saturated carbocycles. The van der Waals surface area contributed by atoms with Crippen molar-refractivity contribution >= 4 is 0 Å². The number of nitrogens with zero attached hydrogens (tertiary/aromatic N) is 2. The molecule has 2 aliphatic rings. The molecular formula is C14H25N2O+. The second kappa shape index (κ2) is 5.84. The van der Waals surface area contributed by atoms with Crippen LogP contribution in [0.5, 0.6) is 0 Å². The highest BCUT2D eigenvalue weighted by molar-refractivity contribution is 4.79. The summed E-state index contributed by atoms with van der Waals surface area (Å²) in [5, 5.41) is 8.50. The average Bonchev–Trinajstić information content (AvgIpc) is 2.34. The van der Waals surface area contributed by atoms with E-state index in [-0.39, 0.29) is 0 Å². The van der Waals surface area contributed by atoms with E-state index >= 15 is 0 Å². The molecule has 96 valence electrons. The molecule has 0 amide bonds. The topological polar surface area (TPSA) is 33.0 Å². The first-order valence-corrected chi connectivity index (χ1v) is 7.05. The molecule has 2 saturated heterocycles. The fraction of sp³-hybridized carbons (Fsp3) is 0.929. The van der Waals surface area contributed by atoms with Crippen LogP contribution in [0, 0.1) is 17.2 Å². The van der Waals surface area contributed by atoms with E-state index in [0.29, 0.717) is 13.0 Å². The van der Waals surface area contributed by atoms with E-state index in [1.54, 1.807) is 0 Å². The summed E-state index contributed by atoms with van der Waals surface area (Å²) in [5.41, 5.74) is 0. The number of fused-ring (bicyclic) bond motifs is 1. The molecule has 0 bridgehead atoms. The largest absolute Gasteiger partial charge is 0.380 e. The molecule has 0 aromatic heterocycles. The van der Waals surface area contributed by atoms with Gasteiger partial charge in [-0.2, -0.15) is 5.26 Å². The smallest absolute Gasteiger partial charge is 0.0939 e. The zero-order valence-corrected chi connectivity index (χ0v) is 11.0. The molecule has 0 aromatic rings. The van der Waals surface area contributed by atoms with Gasteiger partial charge in [-0.3, -0.25) is 0 Å². The van der Waals surface area contributed by atoms with Gasteiger partial charge >= 0.3 is 0 Å². The zero-order valence-electron chi connectivity index (χ0n) is 11.0. The van der Waals surface area contributed by atoms with Gasteiger partial charge in [0.2, 0.25) is 0 Å². The molecule has 0 spiro atoms. The lowest BCUT2D eigenvalue weighted by atomic mass is 9.82. The van der Waals surface area contributed by atoms with Crippen molar-refractivity contribution in [2.75, 3.05) is 33.4 Å². The van der Waals surface area contributed by atoms with Crippen LogP contribution in [0.2, 0.25) is 0 Å². The Balaban J connectivity index is 1.86. The summed E-state index contributed by atoms with van der Waals surface area (Å²) in [6, 6.07) is 2.96. The van der Waals surface area contributed by atoms with Crippen molar-refractivity contribution in [3.63, 3.8) is 0 Å². The fourth-order valence-electron chi connectivity index (χ4n) is 3.78. The summed E-state index contributed by atoms with van der Waals surface area (Å²) in [7, 11) is 2.44. The van der Waals surface area contributed by atoms with Crippen molar-refractivity contribution < 1.29 is 9.22 Å². The molecule has 3 nitrogen and oxygen atoms in total. The van der Waals surface area contributed by atoms with Crippen LogP contribution < -0.4 is 0 Å². The van der Waals surface area contributed by atoms with Crippen LogP contribution >= 0.6 is 0 Å². The number of quaternary nitrogens is 1. The quantitative estimate of drug-likeness (QED) is 0.555. The zero-order chi connectivity index (χ0) is 12.1.